The predicted molar refractivity (Wildman–Crippen MR) is 109 cm³/mol. The minimum absolute atomic E-state index is 0. The van der Waals surface area contributed by atoms with Crippen LogP contribution in [0.2, 0.25) is 0 Å². The molecule has 0 saturated carbocycles. The highest BCUT2D eigenvalue weighted by Crippen LogP contribution is 2.19. The first-order chi connectivity index (χ1) is 10.6. The number of methoxy groups -OCH3 is 1. The third-order valence-electron chi connectivity index (χ3n) is 3.45. The standard InChI is InChI=1S/C17H30N4O.HI/c1-6-18-17(19-11-12-22-5)20-13-16(21(3)4)15-9-7-14(2)8-10-15;/h7-10,16H,6,11-13H2,1-5H3,(H2,18,19,20);1H. The van der Waals surface area contributed by atoms with Gasteiger partial charge in [-0.15, -0.1) is 24.0 Å². The second-order valence-corrected chi connectivity index (χ2v) is 5.53. The van der Waals surface area contributed by atoms with E-state index >= 15 is 0 Å². The zero-order chi connectivity index (χ0) is 16.4. The summed E-state index contributed by atoms with van der Waals surface area (Å²) < 4.78 is 5.06. The van der Waals surface area contributed by atoms with Crippen molar-refractivity contribution in [2.45, 2.75) is 19.9 Å². The fourth-order valence-corrected chi connectivity index (χ4v) is 2.15. The fraction of sp³-hybridized carbons (Fsp3) is 0.588. The molecular formula is C17H31IN4O. The quantitative estimate of drug-likeness (QED) is 0.286. The van der Waals surface area contributed by atoms with Crippen LogP contribution in [0.5, 0.6) is 0 Å². The molecule has 1 aromatic rings. The highest BCUT2D eigenvalue weighted by atomic mass is 127. The van der Waals surface area contributed by atoms with Gasteiger partial charge < -0.3 is 20.3 Å². The molecule has 1 aromatic carbocycles. The molecule has 132 valence electrons. The maximum absolute atomic E-state index is 5.06. The predicted octanol–water partition coefficient (Wildman–Crippen LogP) is 2.42. The van der Waals surface area contributed by atoms with Crippen molar-refractivity contribution >= 4 is 29.9 Å². The number of hydrogen-bond donors (Lipinski definition) is 2. The summed E-state index contributed by atoms with van der Waals surface area (Å²) in [6.07, 6.45) is 0. The summed E-state index contributed by atoms with van der Waals surface area (Å²) in [5, 5.41) is 6.53. The zero-order valence-electron chi connectivity index (χ0n) is 14.9. The van der Waals surface area contributed by atoms with Crippen LogP contribution in [0, 0.1) is 6.92 Å². The highest BCUT2D eigenvalue weighted by molar-refractivity contribution is 14.0. The number of ether oxygens (including phenoxy) is 1. The monoisotopic (exact) mass is 434 g/mol. The maximum atomic E-state index is 5.06. The van der Waals surface area contributed by atoms with Gasteiger partial charge in [0, 0.05) is 20.2 Å². The molecule has 0 aliphatic rings. The molecule has 0 fully saturated rings. The van der Waals surface area contributed by atoms with Crippen molar-refractivity contribution < 1.29 is 4.74 Å². The Morgan fingerprint density at radius 1 is 1.22 bits per heavy atom. The molecule has 0 aromatic heterocycles. The van der Waals surface area contributed by atoms with Crippen LogP contribution >= 0.6 is 24.0 Å². The molecule has 0 bridgehead atoms. The molecule has 6 heteroatoms. The van der Waals surface area contributed by atoms with E-state index in [2.05, 4.69) is 67.7 Å². The van der Waals surface area contributed by atoms with Crippen LogP contribution in [0.1, 0.15) is 24.1 Å². The number of hydrogen-bond acceptors (Lipinski definition) is 3. The van der Waals surface area contributed by atoms with E-state index in [-0.39, 0.29) is 30.0 Å². The van der Waals surface area contributed by atoms with E-state index in [9.17, 15) is 0 Å². The van der Waals surface area contributed by atoms with E-state index in [1.54, 1.807) is 7.11 Å². The lowest BCUT2D eigenvalue weighted by Crippen LogP contribution is -2.39. The summed E-state index contributed by atoms with van der Waals surface area (Å²) in [6.45, 7) is 7.14. The molecule has 0 aliphatic heterocycles. The van der Waals surface area contributed by atoms with E-state index in [0.717, 1.165) is 19.0 Å². The van der Waals surface area contributed by atoms with Gasteiger partial charge >= 0.3 is 0 Å². The molecule has 1 rings (SSSR count). The largest absolute Gasteiger partial charge is 0.383 e. The highest BCUT2D eigenvalue weighted by Gasteiger charge is 2.13. The van der Waals surface area contributed by atoms with Crippen molar-refractivity contribution in [1.29, 1.82) is 0 Å². The van der Waals surface area contributed by atoms with Gasteiger partial charge in [0.2, 0.25) is 0 Å². The number of nitrogens with one attached hydrogen (secondary N) is 2. The smallest absolute Gasteiger partial charge is 0.191 e. The van der Waals surface area contributed by atoms with Crippen LogP contribution in [0.4, 0.5) is 0 Å². The number of aryl methyl sites for hydroxylation is 1. The van der Waals surface area contributed by atoms with Gasteiger partial charge in [0.15, 0.2) is 5.96 Å². The number of nitrogens with zero attached hydrogens (tertiary/aromatic N) is 2. The van der Waals surface area contributed by atoms with Crippen molar-refractivity contribution in [1.82, 2.24) is 15.5 Å². The molecule has 1 atom stereocenters. The number of benzene rings is 1. The van der Waals surface area contributed by atoms with Gasteiger partial charge in [-0.1, -0.05) is 29.8 Å². The molecule has 5 nitrogen and oxygen atoms in total. The third kappa shape index (κ3) is 8.53. The molecule has 0 radical (unpaired) electrons. The Kier molecular flexibility index (Phi) is 12.1. The van der Waals surface area contributed by atoms with Crippen LogP contribution in [0.3, 0.4) is 0 Å². The van der Waals surface area contributed by atoms with E-state index in [1.807, 2.05) is 0 Å². The summed E-state index contributed by atoms with van der Waals surface area (Å²) in [7, 11) is 5.88. The summed E-state index contributed by atoms with van der Waals surface area (Å²) in [6, 6.07) is 8.93. The van der Waals surface area contributed by atoms with E-state index in [0.29, 0.717) is 13.2 Å². The molecular weight excluding hydrogens is 403 g/mol. The lowest BCUT2D eigenvalue weighted by molar-refractivity contribution is 0.203. The summed E-state index contributed by atoms with van der Waals surface area (Å²) in [5.41, 5.74) is 2.56. The van der Waals surface area contributed by atoms with E-state index < -0.39 is 0 Å². The number of aliphatic imine (C=N–C) groups is 1. The lowest BCUT2D eigenvalue weighted by Gasteiger charge is -2.24. The first-order valence-electron chi connectivity index (χ1n) is 7.82. The molecule has 0 aliphatic carbocycles. The molecule has 0 saturated heterocycles. The van der Waals surface area contributed by atoms with Crippen molar-refractivity contribution in [3.05, 3.63) is 35.4 Å². The summed E-state index contributed by atoms with van der Waals surface area (Å²) in [4.78, 5) is 6.90. The van der Waals surface area contributed by atoms with Gasteiger partial charge in [-0.2, -0.15) is 0 Å². The summed E-state index contributed by atoms with van der Waals surface area (Å²) in [5.74, 6) is 0.832. The molecule has 2 N–H and O–H groups in total. The normalized spacial score (nSPS) is 12.7. The fourth-order valence-electron chi connectivity index (χ4n) is 2.15. The number of rotatable bonds is 8. The Morgan fingerprint density at radius 2 is 1.87 bits per heavy atom. The van der Waals surface area contributed by atoms with Gasteiger partial charge in [-0.3, -0.25) is 4.99 Å². The number of guanidine groups is 1. The molecule has 23 heavy (non-hydrogen) atoms. The number of likely N-dealkylation sites (N-methyl/N-ethyl adjacent to an activating group) is 1. The van der Waals surface area contributed by atoms with Crippen molar-refractivity contribution in [2.75, 3.05) is 47.4 Å². The van der Waals surface area contributed by atoms with Crippen LogP contribution in [-0.4, -0.2) is 58.3 Å². The van der Waals surface area contributed by atoms with Crippen LogP contribution in [0.25, 0.3) is 0 Å². The van der Waals surface area contributed by atoms with Crippen LogP contribution in [0.15, 0.2) is 29.3 Å². The van der Waals surface area contributed by atoms with Gasteiger partial charge in [-0.05, 0) is 33.5 Å². The number of halogens is 1. The van der Waals surface area contributed by atoms with E-state index in [4.69, 9.17) is 9.73 Å². The minimum atomic E-state index is 0. The topological polar surface area (TPSA) is 48.9 Å². The SMILES string of the molecule is CCNC(=NCC(c1ccc(C)cc1)N(C)C)NCCOC.I. The van der Waals surface area contributed by atoms with Crippen molar-refractivity contribution in [3.63, 3.8) is 0 Å². The Morgan fingerprint density at radius 3 is 2.39 bits per heavy atom. The third-order valence-corrected chi connectivity index (χ3v) is 3.45. The van der Waals surface area contributed by atoms with Crippen molar-refractivity contribution in [3.8, 4) is 0 Å². The molecule has 1 unspecified atom stereocenters. The second-order valence-electron chi connectivity index (χ2n) is 5.53. The van der Waals surface area contributed by atoms with Gasteiger partial charge in [-0.25, -0.2) is 0 Å². The molecule has 0 amide bonds. The average Bonchev–Trinajstić information content (AvgIpc) is 2.49. The average molecular weight is 434 g/mol. The maximum Gasteiger partial charge on any atom is 0.191 e. The zero-order valence-corrected chi connectivity index (χ0v) is 17.3. The Hall–Kier alpha value is -0.860. The first-order valence-corrected chi connectivity index (χ1v) is 7.82. The van der Waals surface area contributed by atoms with E-state index in [1.165, 1.54) is 11.1 Å². The van der Waals surface area contributed by atoms with Crippen LogP contribution < -0.4 is 10.6 Å². The molecule has 0 spiro atoms. The van der Waals surface area contributed by atoms with Crippen LogP contribution in [-0.2, 0) is 4.74 Å². The first kappa shape index (κ1) is 22.1. The Balaban J connectivity index is 0.00000484. The molecule has 0 heterocycles. The Labute approximate surface area is 157 Å². The van der Waals surface area contributed by atoms with Gasteiger partial charge in [0.1, 0.15) is 0 Å². The van der Waals surface area contributed by atoms with Crippen molar-refractivity contribution in [2.24, 2.45) is 4.99 Å². The minimum Gasteiger partial charge on any atom is -0.383 e. The lowest BCUT2D eigenvalue weighted by atomic mass is 10.0. The Bertz CT molecular complexity index is 448. The summed E-state index contributed by atoms with van der Waals surface area (Å²) >= 11 is 0. The van der Waals surface area contributed by atoms with Gasteiger partial charge in [0.05, 0.1) is 19.2 Å². The second kappa shape index (κ2) is 12.5. The van der Waals surface area contributed by atoms with Gasteiger partial charge in [0.25, 0.3) is 0 Å².